The van der Waals surface area contributed by atoms with Gasteiger partial charge in [0.1, 0.15) is 6.04 Å². The second kappa shape index (κ2) is 2.38. The maximum Gasteiger partial charge on any atom is 0.244 e. The zero-order valence-electron chi connectivity index (χ0n) is 5.95. The molecule has 0 saturated carbocycles. The summed E-state index contributed by atoms with van der Waals surface area (Å²) in [7, 11) is 0. The van der Waals surface area contributed by atoms with E-state index in [1.165, 1.54) is 0 Å². The molecular weight excluding hydrogens is 142 g/mol. The highest BCUT2D eigenvalue weighted by Crippen LogP contribution is 2.13. The van der Waals surface area contributed by atoms with E-state index in [1.807, 2.05) is 0 Å². The second-order valence-electron chi connectivity index (χ2n) is 2.52. The van der Waals surface area contributed by atoms with E-state index in [-0.39, 0.29) is 11.9 Å². The number of nitrogens with one attached hydrogen (secondary N) is 1. The van der Waals surface area contributed by atoms with Gasteiger partial charge in [-0.2, -0.15) is 5.10 Å². The summed E-state index contributed by atoms with van der Waals surface area (Å²) in [4.78, 5) is 11.1. The third kappa shape index (κ3) is 1.00. The highest BCUT2D eigenvalue weighted by Gasteiger charge is 2.25. The first-order valence-electron chi connectivity index (χ1n) is 3.56. The van der Waals surface area contributed by atoms with E-state index in [9.17, 15) is 4.79 Å². The van der Waals surface area contributed by atoms with E-state index >= 15 is 0 Å². The molecule has 1 saturated heterocycles. The molecule has 57 valence electrons. The summed E-state index contributed by atoms with van der Waals surface area (Å²) in [6.45, 7) is 0.753. The molecule has 1 aliphatic rings. The number of rotatable bonds is 1. The van der Waals surface area contributed by atoms with Gasteiger partial charge in [-0.05, 0) is 6.42 Å². The van der Waals surface area contributed by atoms with Gasteiger partial charge in [-0.25, -0.2) is 0 Å². The van der Waals surface area contributed by atoms with Gasteiger partial charge in [0.15, 0.2) is 0 Å². The molecule has 2 rings (SSSR count). The van der Waals surface area contributed by atoms with Gasteiger partial charge in [0, 0.05) is 18.8 Å². The van der Waals surface area contributed by atoms with Crippen LogP contribution in [0.5, 0.6) is 0 Å². The van der Waals surface area contributed by atoms with Crippen LogP contribution in [0.1, 0.15) is 12.5 Å². The van der Waals surface area contributed by atoms with Gasteiger partial charge in [0.25, 0.3) is 0 Å². The van der Waals surface area contributed by atoms with Crippen molar-refractivity contribution in [2.24, 2.45) is 0 Å². The van der Waals surface area contributed by atoms with Crippen molar-refractivity contribution < 1.29 is 4.79 Å². The Balaban J connectivity index is 2.23. The minimum atomic E-state index is -0.110. The van der Waals surface area contributed by atoms with Crippen LogP contribution in [0.4, 0.5) is 0 Å². The molecule has 0 aromatic carbocycles. The molecule has 2 heterocycles. The molecule has 1 aliphatic heterocycles. The van der Waals surface area contributed by atoms with Crippen LogP contribution in [0, 0.1) is 6.07 Å². The minimum absolute atomic E-state index is 0.0575. The molecule has 0 aliphatic carbocycles. The van der Waals surface area contributed by atoms with Crippen molar-refractivity contribution in [2.75, 3.05) is 6.54 Å². The molecule has 4 heteroatoms. The molecule has 1 aromatic rings. The van der Waals surface area contributed by atoms with Crippen LogP contribution >= 0.6 is 0 Å². The number of carbonyl (C=O) groups is 1. The Morgan fingerprint density at radius 1 is 1.82 bits per heavy atom. The number of hydrogen-bond acceptors (Lipinski definition) is 2. The number of amides is 1. The average Bonchev–Trinajstić information content (AvgIpc) is 2.55. The smallest absolute Gasteiger partial charge is 0.244 e. The summed E-state index contributed by atoms with van der Waals surface area (Å²) >= 11 is 0. The molecule has 0 bridgehead atoms. The summed E-state index contributed by atoms with van der Waals surface area (Å²) in [5, 5.41) is 6.69. The lowest BCUT2D eigenvalue weighted by molar-refractivity contribution is -0.122. The van der Waals surface area contributed by atoms with Gasteiger partial charge in [0.2, 0.25) is 5.91 Å². The van der Waals surface area contributed by atoms with Crippen LogP contribution in [0.3, 0.4) is 0 Å². The molecule has 1 N–H and O–H groups in total. The van der Waals surface area contributed by atoms with Crippen LogP contribution in [-0.2, 0) is 4.79 Å². The largest absolute Gasteiger partial charge is 0.354 e. The fraction of sp³-hybridized carbons (Fsp3) is 0.429. The van der Waals surface area contributed by atoms with Crippen LogP contribution in [0.2, 0.25) is 0 Å². The van der Waals surface area contributed by atoms with E-state index in [0.717, 1.165) is 13.0 Å². The maximum absolute atomic E-state index is 11.1. The third-order valence-corrected chi connectivity index (χ3v) is 1.81. The molecule has 0 spiro atoms. The number of carbonyl (C=O) groups excluding carboxylic acids is 1. The minimum Gasteiger partial charge on any atom is -0.354 e. The molecule has 1 atom stereocenters. The zero-order chi connectivity index (χ0) is 7.68. The Bertz CT molecular complexity index is 255. The lowest BCUT2D eigenvalue weighted by atomic mass is 10.2. The third-order valence-electron chi connectivity index (χ3n) is 1.81. The number of hydrogen-bond donors (Lipinski definition) is 1. The lowest BCUT2D eigenvalue weighted by Crippen LogP contribution is -2.21. The first-order valence-corrected chi connectivity index (χ1v) is 3.56. The SMILES string of the molecule is O=C1NCCC1n1c[c]cn1. The van der Waals surface area contributed by atoms with Crippen LogP contribution in [0.15, 0.2) is 12.4 Å². The summed E-state index contributed by atoms with van der Waals surface area (Å²) in [6, 6.07) is 2.69. The lowest BCUT2D eigenvalue weighted by Gasteiger charge is -2.05. The molecule has 1 amide bonds. The Morgan fingerprint density at radius 3 is 3.27 bits per heavy atom. The van der Waals surface area contributed by atoms with Crippen molar-refractivity contribution in [3.63, 3.8) is 0 Å². The molecule has 4 nitrogen and oxygen atoms in total. The molecular formula is C7H8N3O. The Morgan fingerprint density at radius 2 is 2.73 bits per heavy atom. The molecule has 1 aromatic heterocycles. The predicted molar refractivity (Wildman–Crippen MR) is 37.7 cm³/mol. The first-order chi connectivity index (χ1) is 5.38. The fourth-order valence-electron chi connectivity index (χ4n) is 1.25. The van der Waals surface area contributed by atoms with Crippen molar-refractivity contribution in [1.82, 2.24) is 15.1 Å². The number of nitrogens with zero attached hydrogens (tertiary/aromatic N) is 2. The Labute approximate surface area is 64.2 Å². The summed E-state index contributed by atoms with van der Waals surface area (Å²) in [5.74, 6) is 0.0575. The topological polar surface area (TPSA) is 46.9 Å². The van der Waals surface area contributed by atoms with Gasteiger partial charge in [-0.1, -0.05) is 0 Å². The molecule has 1 radical (unpaired) electrons. The van der Waals surface area contributed by atoms with Crippen molar-refractivity contribution in [3.05, 3.63) is 18.5 Å². The van der Waals surface area contributed by atoms with Gasteiger partial charge >= 0.3 is 0 Å². The fourth-order valence-corrected chi connectivity index (χ4v) is 1.25. The molecule has 1 unspecified atom stereocenters. The predicted octanol–water partition coefficient (Wildman–Crippen LogP) is -0.256. The normalized spacial score (nSPS) is 23.6. The average molecular weight is 150 g/mol. The van der Waals surface area contributed by atoms with Gasteiger partial charge in [-0.15, -0.1) is 0 Å². The van der Waals surface area contributed by atoms with E-state index < -0.39 is 0 Å². The van der Waals surface area contributed by atoms with E-state index in [2.05, 4.69) is 16.5 Å². The van der Waals surface area contributed by atoms with Crippen molar-refractivity contribution in [3.8, 4) is 0 Å². The van der Waals surface area contributed by atoms with E-state index in [4.69, 9.17) is 0 Å². The molecule has 1 fully saturated rings. The van der Waals surface area contributed by atoms with Crippen molar-refractivity contribution in [2.45, 2.75) is 12.5 Å². The van der Waals surface area contributed by atoms with E-state index in [0.29, 0.717) is 0 Å². The highest BCUT2D eigenvalue weighted by molar-refractivity contribution is 5.82. The monoisotopic (exact) mass is 150 g/mol. The summed E-state index contributed by atoms with van der Waals surface area (Å²) < 4.78 is 1.64. The Kier molecular flexibility index (Phi) is 1.38. The van der Waals surface area contributed by atoms with E-state index in [1.54, 1.807) is 17.1 Å². The van der Waals surface area contributed by atoms with Gasteiger partial charge < -0.3 is 5.32 Å². The summed E-state index contributed by atoms with van der Waals surface area (Å²) in [5.41, 5.74) is 0. The zero-order valence-corrected chi connectivity index (χ0v) is 5.95. The summed E-state index contributed by atoms with van der Waals surface area (Å²) in [6.07, 6.45) is 4.08. The van der Waals surface area contributed by atoms with Crippen LogP contribution in [-0.4, -0.2) is 22.2 Å². The van der Waals surface area contributed by atoms with Gasteiger partial charge in [-0.3, -0.25) is 9.48 Å². The highest BCUT2D eigenvalue weighted by atomic mass is 16.2. The Hall–Kier alpha value is -1.32. The maximum atomic E-state index is 11.1. The first kappa shape index (κ1) is 6.39. The standard InChI is InChI=1S/C7H8N3O/c11-7-6(2-4-8-7)10-5-1-3-9-10/h3,5-6H,2,4H2,(H,8,11). The quantitative estimate of drug-likeness (QED) is 0.599. The van der Waals surface area contributed by atoms with Crippen LogP contribution < -0.4 is 5.32 Å². The van der Waals surface area contributed by atoms with Gasteiger partial charge in [0.05, 0.1) is 6.20 Å². The van der Waals surface area contributed by atoms with Crippen molar-refractivity contribution in [1.29, 1.82) is 0 Å². The van der Waals surface area contributed by atoms with Crippen molar-refractivity contribution >= 4 is 5.91 Å². The second-order valence-corrected chi connectivity index (χ2v) is 2.52. The number of aromatic nitrogens is 2. The van der Waals surface area contributed by atoms with Crippen LogP contribution in [0.25, 0.3) is 0 Å². The molecule has 11 heavy (non-hydrogen) atoms.